The highest BCUT2D eigenvalue weighted by atomic mass is 32.1. The molecular weight excluding hydrogens is 699 g/mol. The Kier molecular flexibility index (Phi) is 7.68. The average Bonchev–Trinajstić information content (AvgIpc) is 3.82. The SMILES string of the molecule is c1ccc(-c2cccc(-c3ccc4c5ccccc5n(-c5cc(-c6cc(-c7ccccc7)nc(-c7ccccc7)n6)c6sc7ccccc7c6c5)c4c3)c2)cc1. The van der Waals surface area contributed by atoms with Crippen LogP contribution in [0, 0.1) is 0 Å². The zero-order valence-electron chi connectivity index (χ0n) is 30.3. The highest BCUT2D eigenvalue weighted by Gasteiger charge is 2.20. The number of aromatic nitrogens is 3. The van der Waals surface area contributed by atoms with Crippen molar-refractivity contribution in [1.29, 1.82) is 0 Å². The Hall–Kier alpha value is -7.14. The normalized spacial score (nSPS) is 11.6. The zero-order chi connectivity index (χ0) is 37.0. The van der Waals surface area contributed by atoms with Gasteiger partial charge in [-0.1, -0.05) is 158 Å². The molecule has 4 heteroatoms. The molecule has 0 aliphatic rings. The van der Waals surface area contributed by atoms with Crippen LogP contribution in [0.1, 0.15) is 0 Å². The van der Waals surface area contributed by atoms with Gasteiger partial charge in [-0.2, -0.15) is 0 Å². The van der Waals surface area contributed by atoms with Gasteiger partial charge in [0.2, 0.25) is 0 Å². The van der Waals surface area contributed by atoms with Crippen molar-refractivity contribution < 1.29 is 0 Å². The second-order valence-electron chi connectivity index (χ2n) is 14.2. The lowest BCUT2D eigenvalue weighted by Crippen LogP contribution is -1.98. The topological polar surface area (TPSA) is 30.7 Å². The predicted molar refractivity (Wildman–Crippen MR) is 236 cm³/mol. The Bertz CT molecular complexity index is 3180. The van der Waals surface area contributed by atoms with Crippen molar-refractivity contribution in [1.82, 2.24) is 14.5 Å². The monoisotopic (exact) mass is 731 g/mol. The summed E-state index contributed by atoms with van der Waals surface area (Å²) in [6.07, 6.45) is 0. The fraction of sp³-hybridized carbons (Fsp3) is 0. The lowest BCUT2D eigenvalue weighted by atomic mass is 9.98. The van der Waals surface area contributed by atoms with Crippen LogP contribution in [0.25, 0.3) is 104 Å². The molecule has 3 aromatic heterocycles. The molecule has 11 aromatic rings. The minimum absolute atomic E-state index is 0.709. The van der Waals surface area contributed by atoms with Gasteiger partial charge in [0.05, 0.1) is 22.4 Å². The van der Waals surface area contributed by atoms with Gasteiger partial charge < -0.3 is 4.57 Å². The van der Waals surface area contributed by atoms with Crippen molar-refractivity contribution in [2.45, 2.75) is 0 Å². The lowest BCUT2D eigenvalue weighted by Gasteiger charge is -2.14. The summed E-state index contributed by atoms with van der Waals surface area (Å²) >= 11 is 1.83. The predicted octanol–water partition coefficient (Wildman–Crippen LogP) is 14.3. The van der Waals surface area contributed by atoms with E-state index in [4.69, 9.17) is 9.97 Å². The Balaban J connectivity index is 1.18. The fourth-order valence-electron chi connectivity index (χ4n) is 8.13. The largest absolute Gasteiger partial charge is 0.309 e. The van der Waals surface area contributed by atoms with Crippen molar-refractivity contribution >= 4 is 53.3 Å². The van der Waals surface area contributed by atoms with Gasteiger partial charge >= 0.3 is 0 Å². The maximum atomic E-state index is 5.34. The third kappa shape index (κ3) is 5.50. The molecule has 0 N–H and O–H groups in total. The molecule has 0 saturated heterocycles. The van der Waals surface area contributed by atoms with Crippen molar-refractivity contribution in [3.63, 3.8) is 0 Å². The molecule has 11 rings (SSSR count). The quantitative estimate of drug-likeness (QED) is 0.170. The minimum atomic E-state index is 0.709. The molecule has 3 heterocycles. The van der Waals surface area contributed by atoms with Crippen LogP contribution in [-0.2, 0) is 0 Å². The van der Waals surface area contributed by atoms with E-state index in [1.807, 2.05) is 35.6 Å². The Morgan fingerprint density at radius 3 is 1.73 bits per heavy atom. The molecule has 0 atom stereocenters. The first-order valence-corrected chi connectivity index (χ1v) is 19.7. The molecule has 3 nitrogen and oxygen atoms in total. The highest BCUT2D eigenvalue weighted by molar-refractivity contribution is 7.26. The zero-order valence-corrected chi connectivity index (χ0v) is 31.1. The van der Waals surface area contributed by atoms with Crippen molar-refractivity contribution in [2.24, 2.45) is 0 Å². The maximum Gasteiger partial charge on any atom is 0.160 e. The van der Waals surface area contributed by atoms with Crippen LogP contribution in [0.3, 0.4) is 0 Å². The molecule has 0 amide bonds. The first-order chi connectivity index (χ1) is 27.7. The van der Waals surface area contributed by atoms with Crippen molar-refractivity contribution in [2.75, 3.05) is 0 Å². The van der Waals surface area contributed by atoms with E-state index in [0.29, 0.717) is 5.82 Å². The number of rotatable bonds is 6. The molecular formula is C52H33N3S. The van der Waals surface area contributed by atoms with E-state index in [0.717, 1.165) is 39.3 Å². The molecule has 0 radical (unpaired) electrons. The van der Waals surface area contributed by atoms with E-state index in [9.17, 15) is 0 Å². The van der Waals surface area contributed by atoms with Crippen LogP contribution >= 0.6 is 11.3 Å². The van der Waals surface area contributed by atoms with Gasteiger partial charge in [0.1, 0.15) is 0 Å². The summed E-state index contributed by atoms with van der Waals surface area (Å²) in [6, 6.07) is 71.5. The van der Waals surface area contributed by atoms with Crippen LogP contribution in [0.5, 0.6) is 0 Å². The smallest absolute Gasteiger partial charge is 0.160 e. The summed E-state index contributed by atoms with van der Waals surface area (Å²) in [7, 11) is 0. The molecule has 0 saturated carbocycles. The van der Waals surface area contributed by atoms with E-state index in [1.54, 1.807) is 0 Å². The Labute approximate surface area is 328 Å². The summed E-state index contributed by atoms with van der Waals surface area (Å²) in [5.74, 6) is 0.709. The first kappa shape index (κ1) is 32.3. The van der Waals surface area contributed by atoms with E-state index in [2.05, 4.69) is 180 Å². The molecule has 0 bridgehead atoms. The highest BCUT2D eigenvalue weighted by Crippen LogP contribution is 2.44. The van der Waals surface area contributed by atoms with E-state index >= 15 is 0 Å². The maximum absolute atomic E-state index is 5.34. The van der Waals surface area contributed by atoms with Gasteiger partial charge in [-0.25, -0.2) is 9.97 Å². The van der Waals surface area contributed by atoms with Gasteiger partial charge in [0.25, 0.3) is 0 Å². The molecule has 0 spiro atoms. The summed E-state index contributed by atoms with van der Waals surface area (Å²) in [5, 5.41) is 4.91. The summed E-state index contributed by atoms with van der Waals surface area (Å²) < 4.78 is 4.91. The van der Waals surface area contributed by atoms with E-state index in [1.165, 1.54) is 58.7 Å². The average molecular weight is 732 g/mol. The van der Waals surface area contributed by atoms with Gasteiger partial charge in [-0.05, 0) is 64.7 Å². The Morgan fingerprint density at radius 2 is 0.946 bits per heavy atom. The third-order valence-electron chi connectivity index (χ3n) is 10.8. The summed E-state index contributed by atoms with van der Waals surface area (Å²) in [5.41, 5.74) is 13.1. The second kappa shape index (κ2) is 13.3. The van der Waals surface area contributed by atoms with Gasteiger partial charge in [-0.15, -0.1) is 11.3 Å². The first-order valence-electron chi connectivity index (χ1n) is 18.9. The third-order valence-corrected chi connectivity index (χ3v) is 12.0. The fourth-order valence-corrected chi connectivity index (χ4v) is 9.33. The minimum Gasteiger partial charge on any atom is -0.309 e. The van der Waals surface area contributed by atoms with Gasteiger partial charge in [0.15, 0.2) is 5.82 Å². The van der Waals surface area contributed by atoms with E-state index in [-0.39, 0.29) is 0 Å². The molecule has 0 aliphatic carbocycles. The van der Waals surface area contributed by atoms with E-state index < -0.39 is 0 Å². The van der Waals surface area contributed by atoms with Crippen LogP contribution < -0.4 is 0 Å². The second-order valence-corrected chi connectivity index (χ2v) is 15.2. The van der Waals surface area contributed by atoms with Crippen molar-refractivity contribution in [3.05, 3.63) is 200 Å². The molecule has 8 aromatic carbocycles. The lowest BCUT2D eigenvalue weighted by molar-refractivity contribution is 1.17. The molecule has 262 valence electrons. The standard InChI is InChI=1S/C52H33N3S/c1-4-15-34(16-5-1)37-21-14-22-38(29-37)39-27-28-42-41-23-10-12-25-48(41)55(49(42)30-39)40-31-44-43-24-11-13-26-50(43)56-51(44)45(32-40)47-33-46(35-17-6-2-7-18-35)53-52(54-47)36-19-8-3-9-20-36/h1-33H. The molecule has 0 unspecified atom stereocenters. The van der Waals surface area contributed by atoms with Gasteiger partial charge in [-0.3, -0.25) is 0 Å². The summed E-state index contributed by atoms with van der Waals surface area (Å²) in [6.45, 7) is 0. The number of hydrogen-bond donors (Lipinski definition) is 0. The molecule has 56 heavy (non-hydrogen) atoms. The number of fused-ring (bicyclic) bond motifs is 6. The van der Waals surface area contributed by atoms with Crippen LogP contribution in [0.4, 0.5) is 0 Å². The van der Waals surface area contributed by atoms with Gasteiger partial charge in [0, 0.05) is 53.3 Å². The number of para-hydroxylation sites is 1. The number of hydrogen-bond acceptors (Lipinski definition) is 3. The summed E-state index contributed by atoms with van der Waals surface area (Å²) in [4.78, 5) is 10.5. The number of thiophene rings is 1. The number of benzene rings is 8. The van der Waals surface area contributed by atoms with Crippen LogP contribution in [0.15, 0.2) is 200 Å². The van der Waals surface area contributed by atoms with Crippen molar-refractivity contribution in [3.8, 4) is 61.8 Å². The van der Waals surface area contributed by atoms with Crippen LogP contribution in [0.2, 0.25) is 0 Å². The Morgan fingerprint density at radius 1 is 0.357 bits per heavy atom. The molecule has 0 fully saturated rings. The molecule has 0 aliphatic heterocycles. The number of nitrogens with zero attached hydrogens (tertiary/aromatic N) is 3. The van der Waals surface area contributed by atoms with Crippen LogP contribution in [-0.4, -0.2) is 14.5 Å².